The second-order valence-electron chi connectivity index (χ2n) is 2.77. The van der Waals surface area contributed by atoms with Gasteiger partial charge in [0.2, 0.25) is 0 Å². The van der Waals surface area contributed by atoms with Gasteiger partial charge in [-0.05, 0) is 26.3 Å². The van der Waals surface area contributed by atoms with Gasteiger partial charge in [0, 0.05) is 13.2 Å². The van der Waals surface area contributed by atoms with Crippen LogP contribution in [-0.4, -0.2) is 33.1 Å². The van der Waals surface area contributed by atoms with E-state index in [1.165, 1.54) is 12.8 Å². The van der Waals surface area contributed by atoms with Crippen molar-refractivity contribution < 1.29 is 9.47 Å². The molecular weight excluding hydrogens is 142 g/mol. The lowest BCUT2D eigenvalue weighted by atomic mass is 10.2. The van der Waals surface area contributed by atoms with Crippen molar-refractivity contribution in [2.45, 2.75) is 25.6 Å². The van der Waals surface area contributed by atoms with Gasteiger partial charge in [-0.15, -0.1) is 0 Å². The largest absolute Gasteiger partial charge is 0.353 e. The minimum absolute atomic E-state index is 0.0668. The summed E-state index contributed by atoms with van der Waals surface area (Å²) in [5.41, 5.74) is 0. The fraction of sp³-hybridized carbons (Fsp3) is 1.00. The average molecular weight is 159 g/mol. The Morgan fingerprint density at radius 3 is 3.09 bits per heavy atom. The second kappa shape index (κ2) is 5.52. The van der Waals surface area contributed by atoms with Crippen LogP contribution in [0.25, 0.3) is 0 Å². The van der Waals surface area contributed by atoms with Gasteiger partial charge < -0.3 is 14.8 Å². The van der Waals surface area contributed by atoms with Crippen LogP contribution < -0.4 is 5.32 Å². The molecule has 1 heterocycles. The van der Waals surface area contributed by atoms with Crippen LogP contribution in [0.3, 0.4) is 0 Å². The molecule has 0 aromatic rings. The van der Waals surface area contributed by atoms with Crippen molar-refractivity contribution in [3.8, 4) is 0 Å². The van der Waals surface area contributed by atoms with Gasteiger partial charge in [-0.25, -0.2) is 0 Å². The van der Waals surface area contributed by atoms with E-state index in [0.29, 0.717) is 0 Å². The van der Waals surface area contributed by atoms with Gasteiger partial charge in [0.15, 0.2) is 6.29 Å². The monoisotopic (exact) mass is 159 g/mol. The molecule has 1 N–H and O–H groups in total. The van der Waals surface area contributed by atoms with Gasteiger partial charge in [-0.3, -0.25) is 0 Å². The van der Waals surface area contributed by atoms with Crippen LogP contribution in [0.4, 0.5) is 0 Å². The number of likely N-dealkylation sites (N-methyl/N-ethyl adjacent to an activating group) is 1. The molecule has 1 rings (SSSR count). The summed E-state index contributed by atoms with van der Waals surface area (Å²) in [6.07, 6.45) is 3.55. The van der Waals surface area contributed by atoms with E-state index in [4.69, 9.17) is 9.47 Å². The summed E-state index contributed by atoms with van der Waals surface area (Å²) in [5.74, 6) is 0. The zero-order chi connectivity index (χ0) is 7.94. The topological polar surface area (TPSA) is 30.5 Å². The van der Waals surface area contributed by atoms with E-state index in [1.54, 1.807) is 0 Å². The first kappa shape index (κ1) is 8.97. The molecule has 3 nitrogen and oxygen atoms in total. The van der Waals surface area contributed by atoms with E-state index in [-0.39, 0.29) is 6.29 Å². The molecule has 1 fully saturated rings. The smallest absolute Gasteiger partial charge is 0.157 e. The Bertz CT molecular complexity index is 92.1. The third-order valence-corrected chi connectivity index (χ3v) is 1.79. The van der Waals surface area contributed by atoms with E-state index in [9.17, 15) is 0 Å². The third-order valence-electron chi connectivity index (χ3n) is 1.79. The lowest BCUT2D eigenvalue weighted by Gasteiger charge is -2.22. The van der Waals surface area contributed by atoms with E-state index in [2.05, 4.69) is 5.32 Å². The molecule has 0 spiro atoms. The summed E-state index contributed by atoms with van der Waals surface area (Å²) < 4.78 is 10.8. The number of rotatable bonds is 4. The SMILES string of the molecule is CNCCOC1CCCCO1. The molecular formula is C8H17NO2. The minimum atomic E-state index is 0.0668. The zero-order valence-corrected chi connectivity index (χ0v) is 7.14. The Labute approximate surface area is 68.1 Å². The van der Waals surface area contributed by atoms with E-state index < -0.39 is 0 Å². The molecule has 1 aliphatic heterocycles. The number of hydrogen-bond acceptors (Lipinski definition) is 3. The lowest BCUT2D eigenvalue weighted by Crippen LogP contribution is -2.25. The fourth-order valence-electron chi connectivity index (χ4n) is 1.14. The van der Waals surface area contributed by atoms with Crippen LogP contribution in [0.15, 0.2) is 0 Å². The van der Waals surface area contributed by atoms with E-state index >= 15 is 0 Å². The first-order chi connectivity index (χ1) is 5.43. The highest BCUT2D eigenvalue weighted by molar-refractivity contribution is 4.54. The molecule has 0 aliphatic carbocycles. The zero-order valence-electron chi connectivity index (χ0n) is 7.14. The Kier molecular flexibility index (Phi) is 4.50. The standard InChI is InChI=1S/C8H17NO2/c1-9-5-7-11-8-4-2-3-6-10-8/h8-9H,2-7H2,1H3. The molecule has 1 saturated heterocycles. The highest BCUT2D eigenvalue weighted by Gasteiger charge is 2.12. The third kappa shape index (κ3) is 3.70. The molecule has 0 saturated carbocycles. The van der Waals surface area contributed by atoms with Crippen molar-refractivity contribution in [3.05, 3.63) is 0 Å². The van der Waals surface area contributed by atoms with Gasteiger partial charge in [-0.1, -0.05) is 0 Å². The molecule has 0 aromatic carbocycles. The highest BCUT2D eigenvalue weighted by atomic mass is 16.7. The summed E-state index contributed by atoms with van der Waals surface area (Å²) >= 11 is 0. The van der Waals surface area contributed by atoms with Crippen molar-refractivity contribution in [3.63, 3.8) is 0 Å². The second-order valence-corrected chi connectivity index (χ2v) is 2.77. The Morgan fingerprint density at radius 1 is 1.55 bits per heavy atom. The predicted octanol–water partition coefficient (Wildman–Crippen LogP) is 0.749. The fourth-order valence-corrected chi connectivity index (χ4v) is 1.14. The Morgan fingerprint density at radius 2 is 2.45 bits per heavy atom. The molecule has 1 unspecified atom stereocenters. The summed E-state index contributed by atoms with van der Waals surface area (Å²) in [7, 11) is 1.92. The summed E-state index contributed by atoms with van der Waals surface area (Å²) in [5, 5.41) is 3.03. The highest BCUT2D eigenvalue weighted by Crippen LogP contribution is 2.12. The number of nitrogens with one attached hydrogen (secondary N) is 1. The van der Waals surface area contributed by atoms with Crippen molar-refractivity contribution in [2.75, 3.05) is 26.8 Å². The van der Waals surface area contributed by atoms with Crippen LogP contribution in [0.1, 0.15) is 19.3 Å². The van der Waals surface area contributed by atoms with Crippen LogP contribution in [0, 0.1) is 0 Å². The van der Waals surface area contributed by atoms with Crippen LogP contribution in [0.5, 0.6) is 0 Å². The molecule has 0 bridgehead atoms. The summed E-state index contributed by atoms with van der Waals surface area (Å²) in [4.78, 5) is 0. The average Bonchev–Trinajstić information content (AvgIpc) is 2.07. The normalized spacial score (nSPS) is 25.4. The molecule has 0 aromatic heterocycles. The van der Waals surface area contributed by atoms with Gasteiger partial charge in [0.25, 0.3) is 0 Å². The molecule has 1 aliphatic rings. The van der Waals surface area contributed by atoms with Crippen molar-refractivity contribution in [1.29, 1.82) is 0 Å². The first-order valence-electron chi connectivity index (χ1n) is 4.31. The van der Waals surface area contributed by atoms with Gasteiger partial charge in [-0.2, -0.15) is 0 Å². The van der Waals surface area contributed by atoms with Gasteiger partial charge in [0.1, 0.15) is 0 Å². The molecule has 3 heteroatoms. The molecule has 1 atom stereocenters. The van der Waals surface area contributed by atoms with E-state index in [0.717, 1.165) is 26.2 Å². The van der Waals surface area contributed by atoms with E-state index in [1.807, 2.05) is 7.05 Å². The Balaban J connectivity index is 1.96. The van der Waals surface area contributed by atoms with Gasteiger partial charge in [0.05, 0.1) is 6.61 Å². The van der Waals surface area contributed by atoms with Crippen LogP contribution in [0.2, 0.25) is 0 Å². The quantitative estimate of drug-likeness (QED) is 0.614. The lowest BCUT2D eigenvalue weighted by molar-refractivity contribution is -0.161. The van der Waals surface area contributed by atoms with Crippen molar-refractivity contribution in [2.24, 2.45) is 0 Å². The summed E-state index contributed by atoms with van der Waals surface area (Å²) in [6, 6.07) is 0. The van der Waals surface area contributed by atoms with Crippen molar-refractivity contribution in [1.82, 2.24) is 5.32 Å². The molecule has 0 radical (unpaired) electrons. The maximum absolute atomic E-state index is 5.44. The summed E-state index contributed by atoms with van der Waals surface area (Å²) in [6.45, 7) is 2.52. The number of ether oxygens (including phenoxy) is 2. The Hall–Kier alpha value is -0.120. The van der Waals surface area contributed by atoms with Crippen LogP contribution in [-0.2, 0) is 9.47 Å². The van der Waals surface area contributed by atoms with Gasteiger partial charge >= 0.3 is 0 Å². The maximum atomic E-state index is 5.44. The predicted molar refractivity (Wildman–Crippen MR) is 43.5 cm³/mol. The number of hydrogen-bond donors (Lipinski definition) is 1. The molecule has 0 amide bonds. The first-order valence-corrected chi connectivity index (χ1v) is 4.31. The molecule has 66 valence electrons. The molecule has 11 heavy (non-hydrogen) atoms. The minimum Gasteiger partial charge on any atom is -0.353 e. The maximum Gasteiger partial charge on any atom is 0.157 e. The van der Waals surface area contributed by atoms with Crippen LogP contribution >= 0.6 is 0 Å². The van der Waals surface area contributed by atoms with Crippen molar-refractivity contribution >= 4 is 0 Å².